The normalized spacial score (nSPS) is 25.8. The Morgan fingerprint density at radius 3 is 2.33 bits per heavy atom. The van der Waals surface area contributed by atoms with Crippen LogP contribution in [-0.2, 0) is 6.42 Å². The van der Waals surface area contributed by atoms with Crippen molar-refractivity contribution < 1.29 is 13.9 Å². The number of aliphatic hydroxyl groups is 1. The van der Waals surface area contributed by atoms with Crippen molar-refractivity contribution >= 4 is 0 Å². The molecule has 1 nitrogen and oxygen atoms in total. The van der Waals surface area contributed by atoms with Gasteiger partial charge in [-0.05, 0) is 42.9 Å². The van der Waals surface area contributed by atoms with Crippen molar-refractivity contribution in [2.75, 3.05) is 0 Å². The van der Waals surface area contributed by atoms with Crippen LogP contribution >= 0.6 is 0 Å². The largest absolute Gasteiger partial charge is 0.393 e. The SMILES string of the molecule is O[C@H]1CCC[C@@H]1Cc1cc(F)cc(F)c1. The summed E-state index contributed by atoms with van der Waals surface area (Å²) < 4.78 is 25.8. The number of hydrogen-bond acceptors (Lipinski definition) is 1. The smallest absolute Gasteiger partial charge is 0.126 e. The van der Waals surface area contributed by atoms with Crippen LogP contribution in [0.1, 0.15) is 24.8 Å². The quantitative estimate of drug-likeness (QED) is 0.799. The molecule has 0 aliphatic heterocycles. The molecular formula is C12H14F2O. The maximum Gasteiger partial charge on any atom is 0.126 e. The van der Waals surface area contributed by atoms with Gasteiger partial charge in [-0.1, -0.05) is 6.42 Å². The minimum Gasteiger partial charge on any atom is -0.393 e. The van der Waals surface area contributed by atoms with Crippen LogP contribution in [-0.4, -0.2) is 11.2 Å². The molecule has 2 atom stereocenters. The predicted molar refractivity (Wildman–Crippen MR) is 53.4 cm³/mol. The minimum atomic E-state index is -0.544. The third-order valence-electron chi connectivity index (χ3n) is 3.04. The Balaban J connectivity index is 2.10. The Labute approximate surface area is 87.7 Å². The van der Waals surface area contributed by atoms with Gasteiger partial charge in [-0.15, -0.1) is 0 Å². The molecule has 0 spiro atoms. The molecule has 1 N–H and O–H groups in total. The summed E-state index contributed by atoms with van der Waals surface area (Å²) in [5.41, 5.74) is 0.637. The highest BCUT2D eigenvalue weighted by Crippen LogP contribution is 2.28. The lowest BCUT2D eigenvalue weighted by atomic mass is 9.96. The first kappa shape index (κ1) is 10.6. The number of halogens is 2. The first-order valence-corrected chi connectivity index (χ1v) is 5.28. The minimum absolute atomic E-state index is 0.159. The molecular weight excluding hydrogens is 198 g/mol. The van der Waals surface area contributed by atoms with Gasteiger partial charge in [0, 0.05) is 6.07 Å². The molecule has 1 aliphatic carbocycles. The number of rotatable bonds is 2. The highest BCUT2D eigenvalue weighted by molar-refractivity contribution is 5.18. The van der Waals surface area contributed by atoms with Crippen LogP contribution < -0.4 is 0 Å². The zero-order chi connectivity index (χ0) is 10.8. The molecule has 15 heavy (non-hydrogen) atoms. The summed E-state index contributed by atoms with van der Waals surface area (Å²) in [6.07, 6.45) is 3.01. The van der Waals surface area contributed by atoms with E-state index in [9.17, 15) is 13.9 Å². The number of hydrogen-bond donors (Lipinski definition) is 1. The fraction of sp³-hybridized carbons (Fsp3) is 0.500. The number of aliphatic hydroxyl groups excluding tert-OH is 1. The van der Waals surface area contributed by atoms with Gasteiger partial charge in [0.1, 0.15) is 11.6 Å². The first-order valence-electron chi connectivity index (χ1n) is 5.28. The van der Waals surface area contributed by atoms with Crippen LogP contribution in [0, 0.1) is 17.6 Å². The fourth-order valence-electron chi connectivity index (χ4n) is 2.29. The molecule has 1 aromatic carbocycles. The van der Waals surface area contributed by atoms with E-state index in [0.29, 0.717) is 12.0 Å². The summed E-state index contributed by atoms with van der Waals surface area (Å²) in [6.45, 7) is 0. The second kappa shape index (κ2) is 4.27. The van der Waals surface area contributed by atoms with Crippen molar-refractivity contribution in [3.63, 3.8) is 0 Å². The predicted octanol–water partition coefficient (Wildman–Crippen LogP) is 2.67. The molecule has 0 amide bonds. The van der Waals surface area contributed by atoms with Gasteiger partial charge in [0.2, 0.25) is 0 Å². The fourth-order valence-corrected chi connectivity index (χ4v) is 2.29. The van der Waals surface area contributed by atoms with Crippen molar-refractivity contribution in [3.8, 4) is 0 Å². The van der Waals surface area contributed by atoms with Gasteiger partial charge in [-0.25, -0.2) is 8.78 Å². The molecule has 0 radical (unpaired) electrons. The average Bonchev–Trinajstić information content (AvgIpc) is 2.50. The summed E-state index contributed by atoms with van der Waals surface area (Å²) in [5.74, 6) is -0.929. The van der Waals surface area contributed by atoms with Crippen LogP contribution in [0.5, 0.6) is 0 Å². The summed E-state index contributed by atoms with van der Waals surface area (Å²) in [7, 11) is 0. The lowest BCUT2D eigenvalue weighted by molar-refractivity contribution is 0.132. The van der Waals surface area contributed by atoms with E-state index >= 15 is 0 Å². The second-order valence-corrected chi connectivity index (χ2v) is 4.24. The Kier molecular flexibility index (Phi) is 3.00. The molecule has 82 valence electrons. The monoisotopic (exact) mass is 212 g/mol. The summed E-state index contributed by atoms with van der Waals surface area (Å²) >= 11 is 0. The molecule has 1 aliphatic rings. The van der Waals surface area contributed by atoms with Gasteiger partial charge in [-0.2, -0.15) is 0 Å². The second-order valence-electron chi connectivity index (χ2n) is 4.24. The van der Waals surface area contributed by atoms with Crippen LogP contribution in [0.4, 0.5) is 8.78 Å². The highest BCUT2D eigenvalue weighted by atomic mass is 19.1. The Hall–Kier alpha value is -0.960. The third-order valence-corrected chi connectivity index (χ3v) is 3.04. The van der Waals surface area contributed by atoms with Gasteiger partial charge in [-0.3, -0.25) is 0 Å². The molecule has 2 rings (SSSR count). The average molecular weight is 212 g/mol. The molecule has 3 heteroatoms. The Morgan fingerprint density at radius 1 is 1.13 bits per heavy atom. The summed E-state index contributed by atoms with van der Waals surface area (Å²) in [5, 5.41) is 9.60. The van der Waals surface area contributed by atoms with Crippen LogP contribution in [0.3, 0.4) is 0 Å². The van der Waals surface area contributed by atoms with Gasteiger partial charge in [0.25, 0.3) is 0 Å². The van der Waals surface area contributed by atoms with Crippen LogP contribution in [0.15, 0.2) is 18.2 Å². The molecule has 1 aromatic rings. The van der Waals surface area contributed by atoms with E-state index < -0.39 is 11.6 Å². The number of benzene rings is 1. The maximum atomic E-state index is 12.9. The molecule has 0 aromatic heterocycles. The van der Waals surface area contributed by atoms with Gasteiger partial charge >= 0.3 is 0 Å². The molecule has 0 unspecified atom stereocenters. The molecule has 0 saturated heterocycles. The summed E-state index contributed by atoms with van der Waals surface area (Å²) in [6, 6.07) is 3.55. The topological polar surface area (TPSA) is 20.2 Å². The van der Waals surface area contributed by atoms with Gasteiger partial charge < -0.3 is 5.11 Å². The Morgan fingerprint density at radius 2 is 1.80 bits per heavy atom. The van der Waals surface area contributed by atoms with Crippen molar-refractivity contribution in [1.82, 2.24) is 0 Å². The molecule has 1 saturated carbocycles. The van der Waals surface area contributed by atoms with E-state index in [-0.39, 0.29) is 12.0 Å². The van der Waals surface area contributed by atoms with Gasteiger partial charge in [0.05, 0.1) is 6.10 Å². The molecule has 0 heterocycles. The zero-order valence-electron chi connectivity index (χ0n) is 8.42. The lowest BCUT2D eigenvalue weighted by Crippen LogP contribution is -2.15. The van der Waals surface area contributed by atoms with E-state index in [4.69, 9.17) is 0 Å². The third kappa shape index (κ3) is 2.53. The molecule has 0 bridgehead atoms. The van der Waals surface area contributed by atoms with E-state index in [0.717, 1.165) is 25.3 Å². The zero-order valence-corrected chi connectivity index (χ0v) is 8.42. The standard InChI is InChI=1S/C12H14F2O/c13-10-5-8(6-11(14)7-10)4-9-2-1-3-12(9)15/h5-7,9,12,15H,1-4H2/t9-,12+/m1/s1. The van der Waals surface area contributed by atoms with Gasteiger partial charge in [0.15, 0.2) is 0 Å². The Bertz CT molecular complexity index is 331. The van der Waals surface area contributed by atoms with E-state index in [2.05, 4.69) is 0 Å². The van der Waals surface area contributed by atoms with Crippen molar-refractivity contribution in [3.05, 3.63) is 35.4 Å². The van der Waals surface area contributed by atoms with E-state index in [1.54, 1.807) is 0 Å². The van der Waals surface area contributed by atoms with Crippen LogP contribution in [0.2, 0.25) is 0 Å². The van der Waals surface area contributed by atoms with Crippen molar-refractivity contribution in [2.24, 2.45) is 5.92 Å². The van der Waals surface area contributed by atoms with E-state index in [1.807, 2.05) is 0 Å². The van der Waals surface area contributed by atoms with E-state index in [1.165, 1.54) is 12.1 Å². The maximum absolute atomic E-state index is 12.9. The van der Waals surface area contributed by atoms with Crippen LogP contribution in [0.25, 0.3) is 0 Å². The lowest BCUT2D eigenvalue weighted by Gasteiger charge is -2.14. The highest BCUT2D eigenvalue weighted by Gasteiger charge is 2.25. The first-order chi connectivity index (χ1) is 7.15. The molecule has 1 fully saturated rings. The van der Waals surface area contributed by atoms with Crippen molar-refractivity contribution in [1.29, 1.82) is 0 Å². The summed E-state index contributed by atoms with van der Waals surface area (Å²) in [4.78, 5) is 0. The van der Waals surface area contributed by atoms with Crippen molar-refractivity contribution in [2.45, 2.75) is 31.8 Å².